The van der Waals surface area contributed by atoms with Gasteiger partial charge in [0.2, 0.25) is 0 Å². The van der Waals surface area contributed by atoms with Crippen LogP contribution in [0.15, 0.2) is 57.5 Å². The summed E-state index contributed by atoms with van der Waals surface area (Å²) < 4.78 is 6.78. The summed E-state index contributed by atoms with van der Waals surface area (Å²) in [5, 5.41) is 3.28. The Bertz CT molecular complexity index is 660. The van der Waals surface area contributed by atoms with Crippen molar-refractivity contribution in [3.8, 4) is 0 Å². The first-order chi connectivity index (χ1) is 9.97. The molecular formula is C16H15Br2NO2. The minimum atomic E-state index is -0.984. The highest BCUT2D eigenvalue weighted by Gasteiger charge is 2.37. The van der Waals surface area contributed by atoms with Gasteiger partial charge < -0.3 is 10.1 Å². The highest BCUT2D eigenvalue weighted by atomic mass is 79.9. The molecule has 3 nitrogen and oxygen atoms in total. The molecule has 0 aromatic heterocycles. The molecule has 0 aliphatic carbocycles. The topological polar surface area (TPSA) is 38.3 Å². The van der Waals surface area contributed by atoms with E-state index in [1.54, 1.807) is 6.92 Å². The lowest BCUT2D eigenvalue weighted by atomic mass is 9.91. The van der Waals surface area contributed by atoms with Gasteiger partial charge in [-0.15, -0.1) is 0 Å². The molecule has 0 bridgehead atoms. The van der Waals surface area contributed by atoms with Crippen molar-refractivity contribution < 1.29 is 9.53 Å². The molecule has 0 aliphatic rings. The van der Waals surface area contributed by atoms with Gasteiger partial charge in [0.1, 0.15) is 0 Å². The number of halogens is 2. The van der Waals surface area contributed by atoms with Crippen molar-refractivity contribution in [1.82, 2.24) is 0 Å². The maximum atomic E-state index is 12.3. The molecule has 0 saturated carbocycles. The minimum Gasteiger partial charge on any atom is -0.467 e. The molecule has 1 atom stereocenters. The molecule has 0 fully saturated rings. The summed E-state index contributed by atoms with van der Waals surface area (Å²) in [4.78, 5) is 12.3. The second-order valence-corrected chi connectivity index (χ2v) is 6.50. The Morgan fingerprint density at radius 1 is 1.14 bits per heavy atom. The minimum absolute atomic E-state index is 0.351. The summed E-state index contributed by atoms with van der Waals surface area (Å²) in [6.45, 7) is 1.81. The quantitative estimate of drug-likeness (QED) is 0.738. The molecule has 0 heterocycles. The summed E-state index contributed by atoms with van der Waals surface area (Å²) >= 11 is 6.92. The normalized spacial score (nSPS) is 13.3. The van der Waals surface area contributed by atoms with Crippen LogP contribution in [0.1, 0.15) is 12.5 Å². The van der Waals surface area contributed by atoms with Crippen LogP contribution in [-0.4, -0.2) is 13.1 Å². The number of hydrogen-bond acceptors (Lipinski definition) is 3. The molecule has 1 unspecified atom stereocenters. The third-order valence-corrected chi connectivity index (χ3v) is 4.44. The molecule has 1 N–H and O–H groups in total. The molecule has 2 aromatic carbocycles. The zero-order valence-corrected chi connectivity index (χ0v) is 14.9. The van der Waals surface area contributed by atoms with E-state index in [2.05, 4.69) is 37.2 Å². The van der Waals surface area contributed by atoms with Crippen molar-refractivity contribution in [3.63, 3.8) is 0 Å². The maximum absolute atomic E-state index is 12.3. The zero-order valence-electron chi connectivity index (χ0n) is 11.7. The van der Waals surface area contributed by atoms with Gasteiger partial charge in [-0.25, -0.2) is 4.79 Å². The molecule has 2 aromatic rings. The van der Waals surface area contributed by atoms with Gasteiger partial charge in [-0.1, -0.05) is 40.2 Å². The summed E-state index contributed by atoms with van der Waals surface area (Å²) in [7, 11) is 1.39. The van der Waals surface area contributed by atoms with Crippen LogP contribution in [0, 0.1) is 0 Å². The van der Waals surface area contributed by atoms with Crippen molar-refractivity contribution in [1.29, 1.82) is 0 Å². The Balaban J connectivity index is 2.48. The molecule has 0 amide bonds. The Morgan fingerprint density at radius 2 is 1.86 bits per heavy atom. The number of nitrogens with one attached hydrogen (secondary N) is 1. The summed E-state index contributed by atoms with van der Waals surface area (Å²) in [5.41, 5.74) is 0.660. The van der Waals surface area contributed by atoms with Crippen molar-refractivity contribution in [2.75, 3.05) is 12.4 Å². The van der Waals surface area contributed by atoms with E-state index in [-0.39, 0.29) is 5.97 Å². The monoisotopic (exact) mass is 411 g/mol. The van der Waals surface area contributed by atoms with Gasteiger partial charge in [-0.3, -0.25) is 0 Å². The van der Waals surface area contributed by atoms with Crippen LogP contribution in [0.5, 0.6) is 0 Å². The van der Waals surface area contributed by atoms with Crippen LogP contribution in [0.25, 0.3) is 0 Å². The third kappa shape index (κ3) is 3.47. The number of ether oxygens (including phenoxy) is 1. The second-order valence-electron chi connectivity index (χ2n) is 4.73. The predicted octanol–water partition coefficient (Wildman–Crippen LogP) is 4.71. The van der Waals surface area contributed by atoms with Gasteiger partial charge in [0.05, 0.1) is 7.11 Å². The Kier molecular flexibility index (Phi) is 5.06. The first-order valence-corrected chi connectivity index (χ1v) is 7.93. The average Bonchev–Trinajstić information content (AvgIpc) is 2.48. The SMILES string of the molecule is COC(=O)C(C)(Nc1ccccc1Br)c1cccc(Br)c1. The van der Waals surface area contributed by atoms with Crippen LogP contribution in [0.4, 0.5) is 5.69 Å². The largest absolute Gasteiger partial charge is 0.467 e. The van der Waals surface area contributed by atoms with Gasteiger partial charge in [0.15, 0.2) is 5.54 Å². The van der Waals surface area contributed by atoms with E-state index in [9.17, 15) is 4.79 Å². The number of para-hydroxylation sites is 1. The summed E-state index contributed by atoms with van der Waals surface area (Å²) in [6, 6.07) is 15.3. The van der Waals surface area contributed by atoms with Crippen LogP contribution < -0.4 is 5.32 Å². The number of esters is 1. The molecule has 0 saturated heterocycles. The number of hydrogen-bond donors (Lipinski definition) is 1. The molecule has 21 heavy (non-hydrogen) atoms. The average molecular weight is 413 g/mol. The van der Waals surface area contributed by atoms with E-state index < -0.39 is 5.54 Å². The highest BCUT2D eigenvalue weighted by molar-refractivity contribution is 9.10. The first kappa shape index (κ1) is 16.0. The second kappa shape index (κ2) is 6.62. The lowest BCUT2D eigenvalue weighted by Gasteiger charge is -2.30. The number of carbonyl (C=O) groups excluding carboxylic acids is 1. The molecule has 0 spiro atoms. The fourth-order valence-corrected chi connectivity index (χ4v) is 2.86. The van der Waals surface area contributed by atoms with Gasteiger partial charge in [0.25, 0.3) is 0 Å². The summed E-state index contributed by atoms with van der Waals surface area (Å²) in [6.07, 6.45) is 0. The number of methoxy groups -OCH3 is 1. The maximum Gasteiger partial charge on any atom is 0.335 e. The molecule has 5 heteroatoms. The van der Waals surface area contributed by atoms with E-state index in [0.717, 1.165) is 20.2 Å². The van der Waals surface area contributed by atoms with Crippen LogP contribution >= 0.6 is 31.9 Å². The third-order valence-electron chi connectivity index (χ3n) is 3.25. The van der Waals surface area contributed by atoms with E-state index in [1.165, 1.54) is 7.11 Å². The Morgan fingerprint density at radius 3 is 2.48 bits per heavy atom. The fourth-order valence-electron chi connectivity index (χ4n) is 2.08. The van der Waals surface area contributed by atoms with Crippen molar-refractivity contribution in [3.05, 3.63) is 63.0 Å². The van der Waals surface area contributed by atoms with E-state index in [1.807, 2.05) is 48.5 Å². The van der Waals surface area contributed by atoms with Gasteiger partial charge in [-0.2, -0.15) is 0 Å². The Hall–Kier alpha value is -1.33. The Labute approximate surface area is 141 Å². The predicted molar refractivity (Wildman–Crippen MR) is 91.3 cm³/mol. The molecule has 0 aliphatic heterocycles. The van der Waals surface area contributed by atoms with Gasteiger partial charge in [0, 0.05) is 14.6 Å². The number of anilines is 1. The lowest BCUT2D eigenvalue weighted by molar-refractivity contribution is -0.145. The van der Waals surface area contributed by atoms with Crippen LogP contribution in [0.3, 0.4) is 0 Å². The van der Waals surface area contributed by atoms with Gasteiger partial charge in [-0.05, 0) is 52.7 Å². The first-order valence-electron chi connectivity index (χ1n) is 6.34. The molecular weight excluding hydrogens is 398 g/mol. The molecule has 0 radical (unpaired) electrons. The van der Waals surface area contributed by atoms with Crippen LogP contribution in [0.2, 0.25) is 0 Å². The lowest BCUT2D eigenvalue weighted by Crippen LogP contribution is -2.41. The van der Waals surface area contributed by atoms with E-state index in [4.69, 9.17) is 4.74 Å². The number of carbonyl (C=O) groups is 1. The van der Waals surface area contributed by atoms with E-state index >= 15 is 0 Å². The standard InChI is InChI=1S/C16H15Br2NO2/c1-16(15(20)21-2,11-6-5-7-12(17)10-11)19-14-9-4-3-8-13(14)18/h3-10,19H,1-2H3. The number of benzene rings is 2. The van der Waals surface area contributed by atoms with Crippen molar-refractivity contribution in [2.24, 2.45) is 0 Å². The number of rotatable bonds is 4. The fraction of sp³-hybridized carbons (Fsp3) is 0.188. The van der Waals surface area contributed by atoms with Crippen molar-refractivity contribution in [2.45, 2.75) is 12.5 Å². The van der Waals surface area contributed by atoms with Crippen LogP contribution in [-0.2, 0) is 15.1 Å². The molecule has 2 rings (SSSR count). The highest BCUT2D eigenvalue weighted by Crippen LogP contribution is 2.32. The smallest absolute Gasteiger partial charge is 0.335 e. The van der Waals surface area contributed by atoms with Gasteiger partial charge >= 0.3 is 5.97 Å². The zero-order chi connectivity index (χ0) is 15.5. The molecule has 110 valence electrons. The van der Waals surface area contributed by atoms with Crippen molar-refractivity contribution >= 4 is 43.5 Å². The van der Waals surface area contributed by atoms with E-state index in [0.29, 0.717) is 0 Å². The summed E-state index contributed by atoms with van der Waals surface area (Å²) in [5.74, 6) is -0.351.